The van der Waals surface area contributed by atoms with Gasteiger partial charge < -0.3 is 4.74 Å². The number of hydrogen-bond donors (Lipinski definition) is 0. The van der Waals surface area contributed by atoms with Crippen molar-refractivity contribution in [3.05, 3.63) is 53.3 Å². The van der Waals surface area contributed by atoms with Gasteiger partial charge in [0.05, 0.1) is 11.1 Å². The highest BCUT2D eigenvalue weighted by Crippen LogP contribution is 2.32. The Morgan fingerprint density at radius 2 is 1.95 bits per heavy atom. The molecule has 2 aromatic carbocycles. The van der Waals surface area contributed by atoms with Gasteiger partial charge in [-0.05, 0) is 43.2 Å². The zero-order valence-corrected chi connectivity index (χ0v) is 11.7. The third kappa shape index (κ3) is 3.27. The average Bonchev–Trinajstić information content (AvgIpc) is 2.39. The summed E-state index contributed by atoms with van der Waals surface area (Å²) in [6.45, 7) is 4.06. The molecule has 1 unspecified atom stereocenters. The van der Waals surface area contributed by atoms with Crippen LogP contribution in [0.3, 0.4) is 0 Å². The minimum absolute atomic E-state index is 0.131. The predicted octanol–water partition coefficient (Wildman–Crippen LogP) is 5.32. The van der Waals surface area contributed by atoms with Gasteiger partial charge in [-0.1, -0.05) is 36.7 Å². The summed E-state index contributed by atoms with van der Waals surface area (Å²) in [4.78, 5) is 0. The summed E-state index contributed by atoms with van der Waals surface area (Å²) in [5.41, 5.74) is 1.14. The molecule has 0 fully saturated rings. The molecule has 0 saturated heterocycles. The molecule has 0 aliphatic carbocycles. The molecule has 3 heteroatoms. The van der Waals surface area contributed by atoms with Gasteiger partial charge in [0.2, 0.25) is 0 Å². The minimum atomic E-state index is -0.326. The van der Waals surface area contributed by atoms with Crippen LogP contribution >= 0.6 is 11.6 Å². The molecule has 2 rings (SSSR count). The molecule has 0 aliphatic rings. The van der Waals surface area contributed by atoms with E-state index in [0.717, 1.165) is 17.7 Å². The quantitative estimate of drug-likeness (QED) is 0.735. The maximum absolute atomic E-state index is 13.9. The van der Waals surface area contributed by atoms with E-state index in [1.807, 2.05) is 31.2 Å². The van der Waals surface area contributed by atoms with E-state index >= 15 is 0 Å². The molecule has 0 radical (unpaired) electrons. The molecule has 1 atom stereocenters. The van der Waals surface area contributed by atoms with Gasteiger partial charge in [0.25, 0.3) is 0 Å². The molecule has 0 aliphatic heterocycles. The van der Waals surface area contributed by atoms with E-state index in [1.165, 1.54) is 6.07 Å². The van der Waals surface area contributed by atoms with Gasteiger partial charge in [0, 0.05) is 5.56 Å². The summed E-state index contributed by atoms with van der Waals surface area (Å²) in [6, 6.07) is 12.0. The van der Waals surface area contributed by atoms with E-state index in [0.29, 0.717) is 10.6 Å². The summed E-state index contributed by atoms with van der Waals surface area (Å²) in [7, 11) is 0. The first-order chi connectivity index (χ1) is 9.11. The molecule has 19 heavy (non-hydrogen) atoms. The Balaban J connectivity index is 2.38. The summed E-state index contributed by atoms with van der Waals surface area (Å²) < 4.78 is 19.6. The van der Waals surface area contributed by atoms with Crippen molar-refractivity contribution in [1.82, 2.24) is 0 Å². The number of rotatable bonds is 4. The van der Waals surface area contributed by atoms with Crippen LogP contribution in [-0.2, 0) is 0 Å². The lowest BCUT2D eigenvalue weighted by atomic mass is 10.0. The van der Waals surface area contributed by atoms with E-state index in [1.54, 1.807) is 12.1 Å². The van der Waals surface area contributed by atoms with Crippen LogP contribution in [0.5, 0.6) is 5.75 Å². The molecular weight excluding hydrogens is 263 g/mol. The predicted molar refractivity (Wildman–Crippen MR) is 77.2 cm³/mol. The van der Waals surface area contributed by atoms with Crippen LogP contribution < -0.4 is 4.74 Å². The number of hydrogen-bond acceptors (Lipinski definition) is 1. The molecule has 0 aromatic heterocycles. The lowest BCUT2D eigenvalue weighted by Gasteiger charge is -2.14. The Hall–Kier alpha value is -1.54. The zero-order chi connectivity index (χ0) is 13.8. The molecule has 0 bridgehead atoms. The van der Waals surface area contributed by atoms with Gasteiger partial charge in [-0.2, -0.15) is 0 Å². The molecule has 0 amide bonds. The topological polar surface area (TPSA) is 9.23 Å². The third-order valence-corrected chi connectivity index (χ3v) is 3.31. The molecule has 0 saturated carbocycles. The maximum atomic E-state index is 13.9. The largest absolute Gasteiger partial charge is 0.491 e. The number of halogens is 2. The first-order valence-corrected chi connectivity index (χ1v) is 6.70. The van der Waals surface area contributed by atoms with E-state index in [9.17, 15) is 4.39 Å². The second-order valence-electron chi connectivity index (χ2n) is 4.46. The fourth-order valence-corrected chi connectivity index (χ4v) is 2.09. The van der Waals surface area contributed by atoms with Crippen molar-refractivity contribution in [2.45, 2.75) is 26.4 Å². The Labute approximate surface area is 118 Å². The van der Waals surface area contributed by atoms with Gasteiger partial charge in [-0.25, -0.2) is 4.39 Å². The van der Waals surface area contributed by atoms with Crippen LogP contribution in [0.4, 0.5) is 4.39 Å². The first-order valence-electron chi connectivity index (χ1n) is 6.33. The van der Waals surface area contributed by atoms with E-state index < -0.39 is 0 Å². The second kappa shape index (κ2) is 6.07. The van der Waals surface area contributed by atoms with Crippen LogP contribution in [0.15, 0.2) is 42.5 Å². The molecule has 2 aromatic rings. The molecule has 100 valence electrons. The Kier molecular flexibility index (Phi) is 4.43. The number of ether oxygens (including phenoxy) is 1. The summed E-state index contributed by atoms with van der Waals surface area (Å²) in [5.74, 6) is 0.402. The van der Waals surface area contributed by atoms with E-state index in [4.69, 9.17) is 16.3 Å². The number of benzene rings is 2. The summed E-state index contributed by atoms with van der Waals surface area (Å²) >= 11 is 6.07. The lowest BCUT2D eigenvalue weighted by molar-refractivity contribution is 0.217. The second-order valence-corrected chi connectivity index (χ2v) is 4.87. The lowest BCUT2D eigenvalue weighted by Crippen LogP contribution is -2.09. The van der Waals surface area contributed by atoms with Crippen LogP contribution in [0, 0.1) is 5.82 Å². The monoisotopic (exact) mass is 278 g/mol. The highest BCUT2D eigenvalue weighted by atomic mass is 35.5. The Morgan fingerprint density at radius 3 is 2.63 bits per heavy atom. The van der Waals surface area contributed by atoms with Crippen LogP contribution in [0.1, 0.15) is 20.3 Å². The fourth-order valence-electron chi connectivity index (χ4n) is 1.81. The molecule has 0 heterocycles. The van der Waals surface area contributed by atoms with Crippen molar-refractivity contribution in [3.8, 4) is 16.9 Å². The zero-order valence-electron chi connectivity index (χ0n) is 11.0. The van der Waals surface area contributed by atoms with E-state index in [-0.39, 0.29) is 11.9 Å². The van der Waals surface area contributed by atoms with Crippen LogP contribution in [-0.4, -0.2) is 6.10 Å². The molecular formula is C16H16ClFO. The van der Waals surface area contributed by atoms with Crippen molar-refractivity contribution in [2.24, 2.45) is 0 Å². The van der Waals surface area contributed by atoms with Crippen molar-refractivity contribution < 1.29 is 9.13 Å². The molecule has 0 spiro atoms. The van der Waals surface area contributed by atoms with Crippen LogP contribution in [0.2, 0.25) is 5.02 Å². The first kappa shape index (κ1) is 13.9. The highest BCUT2D eigenvalue weighted by molar-refractivity contribution is 6.33. The van der Waals surface area contributed by atoms with Gasteiger partial charge in [0.15, 0.2) is 0 Å². The Bertz CT molecular complexity index is 548. The minimum Gasteiger partial charge on any atom is -0.491 e. The molecule has 1 nitrogen and oxygen atoms in total. The maximum Gasteiger partial charge on any atom is 0.132 e. The average molecular weight is 279 g/mol. The normalized spacial score (nSPS) is 12.2. The SMILES string of the molecule is CCC(C)Oc1cccc(-c2c(F)cccc2Cl)c1. The fraction of sp³-hybridized carbons (Fsp3) is 0.250. The van der Waals surface area contributed by atoms with Crippen LogP contribution in [0.25, 0.3) is 11.1 Å². The Morgan fingerprint density at radius 1 is 1.21 bits per heavy atom. The van der Waals surface area contributed by atoms with Gasteiger partial charge in [-0.15, -0.1) is 0 Å². The summed E-state index contributed by atoms with van der Waals surface area (Å²) in [5, 5.41) is 0.403. The van der Waals surface area contributed by atoms with Crippen molar-refractivity contribution in [2.75, 3.05) is 0 Å². The van der Waals surface area contributed by atoms with Crippen molar-refractivity contribution in [3.63, 3.8) is 0 Å². The standard InChI is InChI=1S/C16H16ClFO/c1-3-11(2)19-13-7-4-6-12(10-13)16-14(17)8-5-9-15(16)18/h4-11H,3H2,1-2H3. The van der Waals surface area contributed by atoms with Crippen molar-refractivity contribution >= 4 is 11.6 Å². The highest BCUT2D eigenvalue weighted by Gasteiger charge is 2.10. The van der Waals surface area contributed by atoms with Gasteiger partial charge in [0.1, 0.15) is 11.6 Å². The van der Waals surface area contributed by atoms with E-state index in [2.05, 4.69) is 6.92 Å². The van der Waals surface area contributed by atoms with Crippen molar-refractivity contribution in [1.29, 1.82) is 0 Å². The molecule has 0 N–H and O–H groups in total. The summed E-state index contributed by atoms with van der Waals surface area (Å²) in [6.07, 6.45) is 1.05. The van der Waals surface area contributed by atoms with Gasteiger partial charge in [-0.3, -0.25) is 0 Å². The van der Waals surface area contributed by atoms with Gasteiger partial charge >= 0.3 is 0 Å². The smallest absolute Gasteiger partial charge is 0.132 e. The third-order valence-electron chi connectivity index (χ3n) is 3.00.